The van der Waals surface area contributed by atoms with Crippen molar-refractivity contribution in [2.75, 3.05) is 50.6 Å². The molecule has 0 spiro atoms. The van der Waals surface area contributed by atoms with E-state index >= 15 is 0 Å². The number of anilines is 2. The number of rotatable bonds is 5. The van der Waals surface area contributed by atoms with Crippen molar-refractivity contribution in [3.63, 3.8) is 0 Å². The highest BCUT2D eigenvalue weighted by Gasteiger charge is 2.16. The number of methoxy groups -OCH3 is 1. The van der Waals surface area contributed by atoms with Crippen molar-refractivity contribution < 1.29 is 9.53 Å². The number of benzene rings is 2. The van der Waals surface area contributed by atoms with Crippen LogP contribution in [0.1, 0.15) is 11.1 Å². The molecule has 1 aliphatic heterocycles. The molecule has 0 radical (unpaired) electrons. The fraction of sp³-hybridized carbons (Fsp3) is 0.381. The number of nitrogens with zero attached hydrogens (tertiary/aromatic N) is 2. The van der Waals surface area contributed by atoms with Gasteiger partial charge in [-0.3, -0.25) is 4.79 Å². The molecule has 1 fully saturated rings. The summed E-state index contributed by atoms with van der Waals surface area (Å²) in [4.78, 5) is 17.1. The Hall–Kier alpha value is -2.53. The Morgan fingerprint density at radius 1 is 1.08 bits per heavy atom. The van der Waals surface area contributed by atoms with Gasteiger partial charge in [0.2, 0.25) is 5.91 Å². The molecule has 5 nitrogen and oxygen atoms in total. The van der Waals surface area contributed by atoms with Crippen LogP contribution in [-0.2, 0) is 11.2 Å². The van der Waals surface area contributed by atoms with E-state index in [2.05, 4.69) is 28.2 Å². The fourth-order valence-electron chi connectivity index (χ4n) is 3.14. The summed E-state index contributed by atoms with van der Waals surface area (Å²) in [5.41, 5.74) is 4.03. The number of piperazine rings is 1. The van der Waals surface area contributed by atoms with Crippen LogP contribution < -0.4 is 15.0 Å². The van der Waals surface area contributed by atoms with Gasteiger partial charge in [-0.25, -0.2) is 0 Å². The third kappa shape index (κ3) is 4.55. The van der Waals surface area contributed by atoms with Crippen LogP contribution in [0.2, 0.25) is 0 Å². The smallest absolute Gasteiger partial charge is 0.228 e. The molecule has 3 rings (SSSR count). The maximum absolute atomic E-state index is 12.5. The molecule has 138 valence electrons. The number of hydrogen-bond donors (Lipinski definition) is 1. The van der Waals surface area contributed by atoms with Gasteiger partial charge in [0.15, 0.2) is 0 Å². The van der Waals surface area contributed by atoms with Gasteiger partial charge in [0.05, 0.1) is 19.2 Å². The van der Waals surface area contributed by atoms with Gasteiger partial charge in [0, 0.05) is 31.9 Å². The highest BCUT2D eigenvalue weighted by molar-refractivity contribution is 5.94. The lowest BCUT2D eigenvalue weighted by Crippen LogP contribution is -2.44. The maximum Gasteiger partial charge on any atom is 0.228 e. The number of hydrogen-bond acceptors (Lipinski definition) is 4. The van der Waals surface area contributed by atoms with E-state index in [0.717, 1.165) is 43.1 Å². The number of carbonyl (C=O) groups excluding carboxylic acids is 1. The maximum atomic E-state index is 12.5. The SMILES string of the molecule is COc1ccc(N2CCN(C)CC2)cc1NC(=O)Cc1ccc(C)cc1. The van der Waals surface area contributed by atoms with Crippen LogP contribution in [0.4, 0.5) is 11.4 Å². The third-order valence-corrected chi connectivity index (χ3v) is 4.81. The molecule has 0 saturated carbocycles. The lowest BCUT2D eigenvalue weighted by atomic mass is 10.1. The molecular formula is C21H27N3O2. The van der Waals surface area contributed by atoms with Crippen LogP contribution in [0.3, 0.4) is 0 Å². The Labute approximate surface area is 155 Å². The van der Waals surface area contributed by atoms with Crippen molar-refractivity contribution >= 4 is 17.3 Å². The lowest BCUT2D eigenvalue weighted by molar-refractivity contribution is -0.115. The van der Waals surface area contributed by atoms with E-state index < -0.39 is 0 Å². The zero-order valence-electron chi connectivity index (χ0n) is 15.8. The molecule has 0 atom stereocenters. The van der Waals surface area contributed by atoms with E-state index in [1.54, 1.807) is 7.11 Å². The van der Waals surface area contributed by atoms with Crippen LogP contribution >= 0.6 is 0 Å². The minimum absolute atomic E-state index is 0.0392. The molecule has 26 heavy (non-hydrogen) atoms. The number of ether oxygens (including phenoxy) is 1. The van der Waals surface area contributed by atoms with Gasteiger partial charge in [-0.15, -0.1) is 0 Å². The zero-order chi connectivity index (χ0) is 18.5. The number of aryl methyl sites for hydroxylation is 1. The fourth-order valence-corrected chi connectivity index (χ4v) is 3.14. The first-order valence-electron chi connectivity index (χ1n) is 9.02. The van der Waals surface area contributed by atoms with Crippen molar-refractivity contribution in [2.24, 2.45) is 0 Å². The first kappa shape index (κ1) is 18.3. The van der Waals surface area contributed by atoms with Crippen LogP contribution in [0.5, 0.6) is 5.75 Å². The summed E-state index contributed by atoms with van der Waals surface area (Å²) in [6.07, 6.45) is 0.349. The van der Waals surface area contributed by atoms with E-state index in [4.69, 9.17) is 4.74 Å². The quantitative estimate of drug-likeness (QED) is 0.898. The van der Waals surface area contributed by atoms with Crippen molar-refractivity contribution in [3.05, 3.63) is 53.6 Å². The van der Waals surface area contributed by atoms with Gasteiger partial charge in [-0.1, -0.05) is 29.8 Å². The predicted molar refractivity (Wildman–Crippen MR) is 106 cm³/mol. The van der Waals surface area contributed by atoms with Crippen LogP contribution in [0.15, 0.2) is 42.5 Å². The zero-order valence-corrected chi connectivity index (χ0v) is 15.8. The van der Waals surface area contributed by atoms with Crippen LogP contribution in [-0.4, -0.2) is 51.1 Å². The largest absolute Gasteiger partial charge is 0.495 e. The molecule has 0 aromatic heterocycles. The Bertz CT molecular complexity index is 750. The molecule has 1 amide bonds. The summed E-state index contributed by atoms with van der Waals surface area (Å²) in [6.45, 7) is 6.10. The summed E-state index contributed by atoms with van der Waals surface area (Å²) in [6, 6.07) is 14.0. The molecule has 0 unspecified atom stereocenters. The van der Waals surface area contributed by atoms with E-state index in [0.29, 0.717) is 12.2 Å². The predicted octanol–water partition coefficient (Wildman–Crippen LogP) is 2.94. The Kier molecular flexibility index (Phi) is 5.78. The summed E-state index contributed by atoms with van der Waals surface area (Å²) in [5, 5.41) is 3.01. The third-order valence-electron chi connectivity index (χ3n) is 4.81. The Balaban J connectivity index is 1.71. The topological polar surface area (TPSA) is 44.8 Å². The average molecular weight is 353 g/mol. The molecule has 1 N–H and O–H groups in total. The molecule has 5 heteroatoms. The average Bonchev–Trinajstić information content (AvgIpc) is 2.64. The van der Waals surface area contributed by atoms with Crippen LogP contribution in [0.25, 0.3) is 0 Å². The second-order valence-electron chi connectivity index (χ2n) is 6.89. The molecular weight excluding hydrogens is 326 g/mol. The van der Waals surface area contributed by atoms with Crippen molar-refractivity contribution in [1.82, 2.24) is 4.90 Å². The van der Waals surface area contributed by atoms with Gasteiger partial charge in [-0.05, 0) is 37.7 Å². The molecule has 2 aromatic rings. The minimum Gasteiger partial charge on any atom is -0.495 e. The highest BCUT2D eigenvalue weighted by atomic mass is 16.5. The van der Waals surface area contributed by atoms with E-state index in [9.17, 15) is 4.79 Å². The molecule has 1 saturated heterocycles. The summed E-state index contributed by atoms with van der Waals surface area (Å²) >= 11 is 0. The Morgan fingerprint density at radius 3 is 2.42 bits per heavy atom. The summed E-state index contributed by atoms with van der Waals surface area (Å²) < 4.78 is 5.43. The molecule has 0 aliphatic carbocycles. The second-order valence-corrected chi connectivity index (χ2v) is 6.89. The number of amides is 1. The van der Waals surface area contributed by atoms with Crippen molar-refractivity contribution in [1.29, 1.82) is 0 Å². The van der Waals surface area contributed by atoms with Gasteiger partial charge in [-0.2, -0.15) is 0 Å². The van der Waals surface area contributed by atoms with Gasteiger partial charge in [0.1, 0.15) is 5.75 Å². The molecule has 0 bridgehead atoms. The number of likely N-dealkylation sites (N-methyl/N-ethyl adjacent to an activating group) is 1. The molecule has 1 aliphatic rings. The standard InChI is InChI=1S/C21H27N3O2/c1-16-4-6-17(7-5-16)14-21(25)22-19-15-18(8-9-20(19)26-3)24-12-10-23(2)11-13-24/h4-9,15H,10-14H2,1-3H3,(H,22,25). The monoisotopic (exact) mass is 353 g/mol. The van der Waals surface area contributed by atoms with Crippen molar-refractivity contribution in [3.8, 4) is 5.75 Å². The normalized spacial score (nSPS) is 15.0. The first-order valence-corrected chi connectivity index (χ1v) is 9.02. The first-order chi connectivity index (χ1) is 12.5. The molecule has 1 heterocycles. The second kappa shape index (κ2) is 8.23. The van der Waals surface area contributed by atoms with E-state index in [1.165, 1.54) is 5.56 Å². The van der Waals surface area contributed by atoms with Gasteiger partial charge in [0.25, 0.3) is 0 Å². The lowest BCUT2D eigenvalue weighted by Gasteiger charge is -2.34. The van der Waals surface area contributed by atoms with Gasteiger partial charge < -0.3 is 19.9 Å². The Morgan fingerprint density at radius 2 is 1.77 bits per heavy atom. The van der Waals surface area contributed by atoms with E-state index in [1.807, 2.05) is 43.3 Å². The van der Waals surface area contributed by atoms with E-state index in [-0.39, 0.29) is 5.91 Å². The van der Waals surface area contributed by atoms with Crippen molar-refractivity contribution in [2.45, 2.75) is 13.3 Å². The molecule has 2 aromatic carbocycles. The minimum atomic E-state index is -0.0392. The number of carbonyl (C=O) groups is 1. The summed E-state index contributed by atoms with van der Waals surface area (Å²) in [5.74, 6) is 0.641. The van der Waals surface area contributed by atoms with Gasteiger partial charge >= 0.3 is 0 Å². The number of nitrogens with one attached hydrogen (secondary N) is 1. The highest BCUT2D eigenvalue weighted by Crippen LogP contribution is 2.30. The summed E-state index contributed by atoms with van der Waals surface area (Å²) in [7, 11) is 3.77. The van der Waals surface area contributed by atoms with Crippen LogP contribution in [0, 0.1) is 6.92 Å².